The molecule has 66 valence electrons. The molecule has 11 heavy (non-hydrogen) atoms. The monoisotopic (exact) mass is 177 g/mol. The Kier molecular flexibility index (Phi) is 6.36. The summed E-state index contributed by atoms with van der Waals surface area (Å²) in [5.74, 6) is 1.06. The fourth-order valence-electron chi connectivity index (χ4n) is 0.531. The van der Waals surface area contributed by atoms with Gasteiger partial charge in [0.2, 0.25) is 0 Å². The summed E-state index contributed by atoms with van der Waals surface area (Å²) >= 11 is 1.51. The molecule has 0 aromatic rings. The number of carbonyl (C=O) groups excluding carboxylic acids is 1. The zero-order valence-electron chi connectivity index (χ0n) is 7.00. The van der Waals surface area contributed by atoms with E-state index in [1.54, 1.807) is 6.92 Å². The summed E-state index contributed by atoms with van der Waals surface area (Å²) in [7, 11) is 0. The summed E-state index contributed by atoms with van der Waals surface area (Å²) in [5, 5.41) is 0. The van der Waals surface area contributed by atoms with Crippen molar-refractivity contribution in [3.8, 4) is 0 Å². The number of esters is 1. The maximum Gasteiger partial charge on any atom is 0.315 e. The summed E-state index contributed by atoms with van der Waals surface area (Å²) in [4.78, 5) is 10.7. The number of hydrogen-bond donors (Lipinski definition) is 1. The number of rotatable bonds is 5. The number of ether oxygens (including phenoxy) is 1. The normalized spacial score (nSPS) is 12.6. The summed E-state index contributed by atoms with van der Waals surface area (Å²) in [6.07, 6.45) is 0. The molecular formula is C7H15NO2S. The van der Waals surface area contributed by atoms with E-state index in [4.69, 9.17) is 10.5 Å². The minimum atomic E-state index is -0.154. The van der Waals surface area contributed by atoms with Crippen LogP contribution in [0.4, 0.5) is 0 Å². The number of nitrogens with two attached hydrogens (primary N) is 1. The maximum atomic E-state index is 10.7. The summed E-state index contributed by atoms with van der Waals surface area (Å²) in [6.45, 7) is 4.17. The van der Waals surface area contributed by atoms with Crippen molar-refractivity contribution in [1.29, 1.82) is 0 Å². The Labute approximate surface area is 71.7 Å². The van der Waals surface area contributed by atoms with Gasteiger partial charge in [-0.2, -0.15) is 0 Å². The van der Waals surface area contributed by atoms with E-state index in [1.807, 2.05) is 6.92 Å². The lowest BCUT2D eigenvalue weighted by Crippen LogP contribution is -2.19. The molecule has 0 aromatic carbocycles. The second-order valence-electron chi connectivity index (χ2n) is 2.30. The van der Waals surface area contributed by atoms with Crippen molar-refractivity contribution in [2.45, 2.75) is 19.9 Å². The molecule has 0 aromatic heterocycles. The summed E-state index contributed by atoms with van der Waals surface area (Å²) in [6, 6.07) is 0.148. The molecule has 0 saturated carbocycles. The van der Waals surface area contributed by atoms with E-state index in [0.717, 1.165) is 5.75 Å². The molecule has 4 heteroatoms. The van der Waals surface area contributed by atoms with Crippen LogP contribution < -0.4 is 5.73 Å². The first-order valence-corrected chi connectivity index (χ1v) is 4.81. The lowest BCUT2D eigenvalue weighted by atomic mass is 10.4. The second kappa shape index (κ2) is 6.49. The Hall–Kier alpha value is -0.220. The van der Waals surface area contributed by atoms with Crippen molar-refractivity contribution < 1.29 is 9.53 Å². The lowest BCUT2D eigenvalue weighted by Gasteiger charge is -2.03. The van der Waals surface area contributed by atoms with Crippen molar-refractivity contribution in [3.63, 3.8) is 0 Å². The van der Waals surface area contributed by atoms with Gasteiger partial charge in [-0.25, -0.2) is 0 Å². The molecule has 0 heterocycles. The van der Waals surface area contributed by atoms with Crippen LogP contribution in [-0.2, 0) is 9.53 Å². The predicted molar refractivity (Wildman–Crippen MR) is 47.6 cm³/mol. The molecule has 3 nitrogen and oxygen atoms in total. The second-order valence-corrected chi connectivity index (χ2v) is 3.33. The molecule has 1 atom stereocenters. The highest BCUT2D eigenvalue weighted by Crippen LogP contribution is 2.01. The van der Waals surface area contributed by atoms with Gasteiger partial charge in [0, 0.05) is 11.8 Å². The molecule has 0 spiro atoms. The molecule has 0 amide bonds. The summed E-state index contributed by atoms with van der Waals surface area (Å²) < 4.78 is 4.72. The van der Waals surface area contributed by atoms with E-state index < -0.39 is 0 Å². The van der Waals surface area contributed by atoms with Crippen molar-refractivity contribution in [3.05, 3.63) is 0 Å². The van der Waals surface area contributed by atoms with Gasteiger partial charge >= 0.3 is 5.97 Å². The van der Waals surface area contributed by atoms with Gasteiger partial charge in [-0.15, -0.1) is 11.8 Å². The Morgan fingerprint density at radius 1 is 1.73 bits per heavy atom. The third-order valence-corrected chi connectivity index (χ3v) is 2.11. The Morgan fingerprint density at radius 3 is 2.82 bits per heavy atom. The predicted octanol–water partition coefficient (Wildman–Crippen LogP) is 0.630. The fraction of sp³-hybridized carbons (Fsp3) is 0.857. The van der Waals surface area contributed by atoms with Crippen molar-refractivity contribution in [2.75, 3.05) is 18.1 Å². The third kappa shape index (κ3) is 7.68. The topological polar surface area (TPSA) is 52.3 Å². The van der Waals surface area contributed by atoms with Crippen LogP contribution in [-0.4, -0.2) is 30.1 Å². The molecule has 0 saturated heterocycles. The standard InChI is InChI=1S/C7H15NO2S/c1-3-10-7(9)5-11-4-6(2)8/h6H,3-5,8H2,1-2H3/t6-/m1/s1. The average molecular weight is 177 g/mol. The number of thioether (sulfide) groups is 1. The van der Waals surface area contributed by atoms with E-state index in [-0.39, 0.29) is 12.0 Å². The van der Waals surface area contributed by atoms with Crippen LogP contribution in [0.5, 0.6) is 0 Å². The first-order valence-electron chi connectivity index (χ1n) is 3.65. The lowest BCUT2D eigenvalue weighted by molar-refractivity contribution is -0.139. The van der Waals surface area contributed by atoms with Crippen molar-refractivity contribution >= 4 is 17.7 Å². The largest absolute Gasteiger partial charge is 0.465 e. The van der Waals surface area contributed by atoms with Crippen LogP contribution in [0.3, 0.4) is 0 Å². The molecule has 2 N–H and O–H groups in total. The minimum Gasteiger partial charge on any atom is -0.465 e. The Bertz CT molecular complexity index is 117. The van der Waals surface area contributed by atoms with Gasteiger partial charge < -0.3 is 10.5 Å². The summed E-state index contributed by atoms with van der Waals surface area (Å²) in [5.41, 5.74) is 5.48. The maximum absolute atomic E-state index is 10.7. The van der Waals surface area contributed by atoms with Gasteiger partial charge in [-0.05, 0) is 13.8 Å². The smallest absolute Gasteiger partial charge is 0.315 e. The van der Waals surface area contributed by atoms with Crippen molar-refractivity contribution in [2.24, 2.45) is 5.73 Å². The molecule has 0 aliphatic carbocycles. The van der Waals surface area contributed by atoms with Crippen LogP contribution in [0.2, 0.25) is 0 Å². The molecular weight excluding hydrogens is 162 g/mol. The van der Waals surface area contributed by atoms with Gasteiger partial charge in [-0.3, -0.25) is 4.79 Å². The minimum absolute atomic E-state index is 0.148. The number of carbonyl (C=O) groups is 1. The number of hydrogen-bond acceptors (Lipinski definition) is 4. The SMILES string of the molecule is CCOC(=O)CSC[C@@H](C)N. The van der Waals surface area contributed by atoms with Gasteiger partial charge in [-0.1, -0.05) is 0 Å². The van der Waals surface area contributed by atoms with Crippen molar-refractivity contribution in [1.82, 2.24) is 0 Å². The fourth-order valence-corrected chi connectivity index (χ4v) is 1.27. The highest BCUT2D eigenvalue weighted by atomic mass is 32.2. The molecule has 0 aliphatic rings. The first-order chi connectivity index (χ1) is 5.16. The van der Waals surface area contributed by atoms with Gasteiger partial charge in [0.05, 0.1) is 12.4 Å². The van der Waals surface area contributed by atoms with Crippen LogP contribution in [0.15, 0.2) is 0 Å². The Morgan fingerprint density at radius 2 is 2.36 bits per heavy atom. The van der Waals surface area contributed by atoms with Crippen LogP contribution >= 0.6 is 11.8 Å². The highest BCUT2D eigenvalue weighted by molar-refractivity contribution is 7.99. The molecule has 0 unspecified atom stereocenters. The molecule has 0 fully saturated rings. The molecule has 0 aliphatic heterocycles. The molecule has 0 bridgehead atoms. The quantitative estimate of drug-likeness (QED) is 0.626. The molecule has 0 radical (unpaired) electrons. The third-order valence-electron chi connectivity index (χ3n) is 0.906. The van der Waals surface area contributed by atoms with Crippen LogP contribution in [0.1, 0.15) is 13.8 Å². The van der Waals surface area contributed by atoms with Crippen LogP contribution in [0, 0.1) is 0 Å². The van der Waals surface area contributed by atoms with E-state index in [9.17, 15) is 4.79 Å². The van der Waals surface area contributed by atoms with E-state index in [2.05, 4.69) is 0 Å². The van der Waals surface area contributed by atoms with E-state index in [0.29, 0.717) is 12.4 Å². The Balaban J connectivity index is 3.17. The van der Waals surface area contributed by atoms with E-state index >= 15 is 0 Å². The van der Waals surface area contributed by atoms with Gasteiger partial charge in [0.1, 0.15) is 0 Å². The zero-order chi connectivity index (χ0) is 8.69. The highest BCUT2D eigenvalue weighted by Gasteiger charge is 2.01. The zero-order valence-corrected chi connectivity index (χ0v) is 7.82. The average Bonchev–Trinajstić information content (AvgIpc) is 1.87. The molecule has 0 rings (SSSR count). The van der Waals surface area contributed by atoms with Gasteiger partial charge in [0.15, 0.2) is 0 Å². The van der Waals surface area contributed by atoms with Crippen LogP contribution in [0.25, 0.3) is 0 Å². The van der Waals surface area contributed by atoms with E-state index in [1.165, 1.54) is 11.8 Å². The first kappa shape index (κ1) is 10.8. The van der Waals surface area contributed by atoms with Gasteiger partial charge in [0.25, 0.3) is 0 Å².